The number of benzene rings is 1. The molecule has 1 aromatic heterocycles. The van der Waals surface area contributed by atoms with E-state index in [1.807, 2.05) is 18.4 Å². The summed E-state index contributed by atoms with van der Waals surface area (Å²) in [5.74, 6) is 0. The molecule has 0 aliphatic heterocycles. The fourth-order valence-corrected chi connectivity index (χ4v) is 2.96. The van der Waals surface area contributed by atoms with E-state index in [0.717, 1.165) is 10.4 Å². The Bertz CT molecular complexity index is 507. The molecule has 16 heavy (non-hydrogen) atoms. The van der Waals surface area contributed by atoms with Crippen molar-refractivity contribution in [2.45, 2.75) is 13.0 Å². The molecule has 1 atom stereocenters. The van der Waals surface area contributed by atoms with Crippen LogP contribution < -0.4 is 5.73 Å². The largest absolute Gasteiger partial charge is 0.320 e. The van der Waals surface area contributed by atoms with E-state index in [0.29, 0.717) is 10.0 Å². The van der Waals surface area contributed by atoms with E-state index in [1.54, 1.807) is 23.5 Å². The Morgan fingerprint density at radius 1 is 1.25 bits per heavy atom. The Balaban J connectivity index is 2.45. The molecule has 4 heteroatoms. The SMILES string of the molecule is Cc1ccsc1C(N)c1cc(Cl)ccc1Cl. The van der Waals surface area contributed by atoms with Gasteiger partial charge in [0.2, 0.25) is 0 Å². The summed E-state index contributed by atoms with van der Waals surface area (Å²) in [5, 5.41) is 3.34. The fraction of sp³-hybridized carbons (Fsp3) is 0.167. The molecule has 0 aliphatic rings. The normalized spacial score (nSPS) is 12.8. The number of halogens is 2. The van der Waals surface area contributed by atoms with Gasteiger partial charge in [-0.2, -0.15) is 0 Å². The first-order valence-electron chi connectivity index (χ1n) is 4.84. The van der Waals surface area contributed by atoms with Crippen LogP contribution >= 0.6 is 34.5 Å². The van der Waals surface area contributed by atoms with Crippen molar-refractivity contribution in [1.29, 1.82) is 0 Å². The summed E-state index contributed by atoms with van der Waals surface area (Å²) in [7, 11) is 0. The molecule has 2 N–H and O–H groups in total. The maximum atomic E-state index is 6.20. The van der Waals surface area contributed by atoms with Crippen molar-refractivity contribution in [1.82, 2.24) is 0 Å². The first-order chi connectivity index (χ1) is 7.59. The van der Waals surface area contributed by atoms with E-state index in [-0.39, 0.29) is 6.04 Å². The third-order valence-electron chi connectivity index (χ3n) is 2.48. The van der Waals surface area contributed by atoms with Crippen LogP contribution in [0.4, 0.5) is 0 Å². The van der Waals surface area contributed by atoms with Crippen LogP contribution in [0.5, 0.6) is 0 Å². The number of hydrogen-bond donors (Lipinski definition) is 1. The standard InChI is InChI=1S/C12H11Cl2NS/c1-7-4-5-16-12(7)11(15)9-6-8(13)2-3-10(9)14/h2-6,11H,15H2,1H3. The van der Waals surface area contributed by atoms with Crippen molar-refractivity contribution in [2.75, 3.05) is 0 Å². The average molecular weight is 272 g/mol. The van der Waals surface area contributed by atoms with Crippen LogP contribution in [0.15, 0.2) is 29.6 Å². The van der Waals surface area contributed by atoms with Crippen LogP contribution in [-0.2, 0) is 0 Å². The van der Waals surface area contributed by atoms with Gasteiger partial charge in [0.15, 0.2) is 0 Å². The molecule has 0 aliphatic carbocycles. The Morgan fingerprint density at radius 3 is 2.62 bits per heavy atom. The van der Waals surface area contributed by atoms with E-state index in [1.165, 1.54) is 5.56 Å². The molecule has 0 amide bonds. The summed E-state index contributed by atoms with van der Waals surface area (Å²) in [6.07, 6.45) is 0. The van der Waals surface area contributed by atoms with Gasteiger partial charge in [0.05, 0.1) is 6.04 Å². The van der Waals surface area contributed by atoms with Crippen molar-refractivity contribution in [3.8, 4) is 0 Å². The summed E-state index contributed by atoms with van der Waals surface area (Å²) in [6.45, 7) is 2.05. The third-order valence-corrected chi connectivity index (χ3v) is 4.16. The lowest BCUT2D eigenvalue weighted by molar-refractivity contribution is 0.885. The van der Waals surface area contributed by atoms with Gasteiger partial charge in [-0.05, 0) is 47.7 Å². The van der Waals surface area contributed by atoms with Crippen molar-refractivity contribution >= 4 is 34.5 Å². The predicted octanol–water partition coefficient (Wildman–Crippen LogP) is 4.41. The Kier molecular flexibility index (Phi) is 3.55. The maximum absolute atomic E-state index is 6.20. The minimum absolute atomic E-state index is 0.203. The quantitative estimate of drug-likeness (QED) is 0.860. The molecule has 0 spiro atoms. The predicted molar refractivity (Wildman–Crippen MR) is 71.5 cm³/mol. The highest BCUT2D eigenvalue weighted by Gasteiger charge is 2.15. The lowest BCUT2D eigenvalue weighted by Crippen LogP contribution is -2.11. The molecule has 0 bridgehead atoms. The fourth-order valence-electron chi connectivity index (χ4n) is 1.60. The van der Waals surface area contributed by atoms with E-state index >= 15 is 0 Å². The van der Waals surface area contributed by atoms with Gasteiger partial charge in [-0.3, -0.25) is 0 Å². The van der Waals surface area contributed by atoms with Crippen molar-refractivity contribution in [3.05, 3.63) is 55.7 Å². The van der Waals surface area contributed by atoms with Gasteiger partial charge >= 0.3 is 0 Å². The average Bonchev–Trinajstić information content (AvgIpc) is 2.67. The molecule has 1 nitrogen and oxygen atoms in total. The van der Waals surface area contributed by atoms with Crippen LogP contribution in [0, 0.1) is 6.92 Å². The smallest absolute Gasteiger partial charge is 0.0663 e. The lowest BCUT2D eigenvalue weighted by Gasteiger charge is -2.13. The molecule has 0 saturated carbocycles. The molecule has 0 radical (unpaired) electrons. The van der Waals surface area contributed by atoms with Crippen molar-refractivity contribution < 1.29 is 0 Å². The summed E-state index contributed by atoms with van der Waals surface area (Å²) in [5.41, 5.74) is 8.26. The zero-order valence-electron chi connectivity index (χ0n) is 8.71. The molecule has 0 fully saturated rings. The van der Waals surface area contributed by atoms with Gasteiger partial charge < -0.3 is 5.73 Å². The molecule has 1 aromatic carbocycles. The van der Waals surface area contributed by atoms with Gasteiger partial charge in [-0.25, -0.2) is 0 Å². The van der Waals surface area contributed by atoms with Crippen LogP contribution in [0.3, 0.4) is 0 Å². The first kappa shape index (κ1) is 11.9. The Labute approximate surface area is 109 Å². The van der Waals surface area contributed by atoms with Gasteiger partial charge in [-0.1, -0.05) is 23.2 Å². The van der Waals surface area contributed by atoms with E-state index in [2.05, 4.69) is 6.07 Å². The molecular weight excluding hydrogens is 261 g/mol. The number of rotatable bonds is 2. The Hall–Kier alpha value is -0.540. The van der Waals surface area contributed by atoms with Gasteiger partial charge in [0.1, 0.15) is 0 Å². The van der Waals surface area contributed by atoms with Crippen LogP contribution in [0.25, 0.3) is 0 Å². The Morgan fingerprint density at radius 2 is 2.00 bits per heavy atom. The molecule has 1 unspecified atom stereocenters. The van der Waals surface area contributed by atoms with Crippen molar-refractivity contribution in [3.63, 3.8) is 0 Å². The van der Waals surface area contributed by atoms with Crippen molar-refractivity contribution in [2.24, 2.45) is 5.73 Å². The number of hydrogen-bond acceptors (Lipinski definition) is 2. The lowest BCUT2D eigenvalue weighted by atomic mass is 10.0. The number of aryl methyl sites for hydroxylation is 1. The maximum Gasteiger partial charge on any atom is 0.0663 e. The van der Waals surface area contributed by atoms with E-state index < -0.39 is 0 Å². The zero-order valence-corrected chi connectivity index (χ0v) is 11.0. The topological polar surface area (TPSA) is 26.0 Å². The molecular formula is C12H11Cl2NS. The minimum Gasteiger partial charge on any atom is -0.320 e. The molecule has 2 aromatic rings. The van der Waals surface area contributed by atoms with Gasteiger partial charge in [0, 0.05) is 14.9 Å². The van der Waals surface area contributed by atoms with E-state index in [4.69, 9.17) is 28.9 Å². The van der Waals surface area contributed by atoms with E-state index in [9.17, 15) is 0 Å². The van der Waals surface area contributed by atoms with Crippen LogP contribution in [0.2, 0.25) is 10.0 Å². The van der Waals surface area contributed by atoms with Gasteiger partial charge in [-0.15, -0.1) is 11.3 Å². The third kappa shape index (κ3) is 2.25. The minimum atomic E-state index is -0.203. The second-order valence-electron chi connectivity index (χ2n) is 3.61. The van der Waals surface area contributed by atoms with Gasteiger partial charge in [0.25, 0.3) is 0 Å². The summed E-state index contributed by atoms with van der Waals surface area (Å²) in [4.78, 5) is 1.13. The highest BCUT2D eigenvalue weighted by molar-refractivity contribution is 7.10. The number of nitrogens with two attached hydrogens (primary N) is 1. The second kappa shape index (κ2) is 4.76. The molecule has 1 heterocycles. The van der Waals surface area contributed by atoms with Crippen LogP contribution in [-0.4, -0.2) is 0 Å². The molecule has 84 valence electrons. The summed E-state index contributed by atoms with van der Waals surface area (Å²) in [6, 6.07) is 7.22. The summed E-state index contributed by atoms with van der Waals surface area (Å²) >= 11 is 13.7. The monoisotopic (exact) mass is 271 g/mol. The molecule has 0 saturated heterocycles. The summed E-state index contributed by atoms with van der Waals surface area (Å²) < 4.78 is 0. The number of thiophene rings is 1. The second-order valence-corrected chi connectivity index (χ2v) is 5.40. The highest BCUT2D eigenvalue weighted by atomic mass is 35.5. The zero-order chi connectivity index (χ0) is 11.7. The highest BCUT2D eigenvalue weighted by Crippen LogP contribution is 2.32. The molecule has 2 rings (SSSR count). The van der Waals surface area contributed by atoms with Crippen LogP contribution in [0.1, 0.15) is 22.0 Å². The first-order valence-corrected chi connectivity index (χ1v) is 6.47.